The van der Waals surface area contributed by atoms with E-state index in [1.165, 1.54) is 53.7 Å². The van der Waals surface area contributed by atoms with Gasteiger partial charge in [0.25, 0.3) is 21.6 Å². The largest absolute Gasteiger partial charge is 0.289 e. The molecule has 0 aliphatic carbocycles. The average Bonchev–Trinajstić information content (AvgIpc) is 3.15. The topological polar surface area (TPSA) is 149 Å². The molecule has 0 aliphatic heterocycles. The summed E-state index contributed by atoms with van der Waals surface area (Å²) in [5.74, 6) is -0.456. The number of aromatic nitrogens is 3. The zero-order valence-electron chi connectivity index (χ0n) is 13.5. The molecule has 11 nitrogen and oxygen atoms in total. The first kappa shape index (κ1) is 18.0. The van der Waals surface area contributed by atoms with Gasteiger partial charge in [-0.2, -0.15) is 0 Å². The lowest BCUT2D eigenvalue weighted by atomic mass is 10.2. The number of nitro groups is 1. The molecule has 2 aromatic carbocycles. The lowest BCUT2D eigenvalue weighted by molar-refractivity contribution is -0.387. The zero-order valence-corrected chi connectivity index (χ0v) is 14.3. The molecule has 3 aromatic rings. The first-order valence-corrected chi connectivity index (χ1v) is 8.87. The first-order valence-electron chi connectivity index (χ1n) is 7.39. The summed E-state index contributed by atoms with van der Waals surface area (Å²) >= 11 is 0. The number of hydrogen-bond acceptors (Lipinski definition) is 7. The number of benzene rings is 2. The minimum absolute atomic E-state index is 0.147. The van der Waals surface area contributed by atoms with Gasteiger partial charge in [0.2, 0.25) is 0 Å². The Labute approximate surface area is 152 Å². The van der Waals surface area contributed by atoms with E-state index in [1.54, 1.807) is 0 Å². The van der Waals surface area contributed by atoms with Crippen molar-refractivity contribution in [3.8, 4) is 0 Å². The summed E-state index contributed by atoms with van der Waals surface area (Å²) in [4.78, 5) is 21.9. The number of rotatable bonds is 6. The van der Waals surface area contributed by atoms with Crippen LogP contribution in [0.2, 0.25) is 0 Å². The van der Waals surface area contributed by atoms with Gasteiger partial charge < -0.3 is 0 Å². The van der Waals surface area contributed by atoms with E-state index >= 15 is 0 Å². The van der Waals surface area contributed by atoms with E-state index in [-0.39, 0.29) is 11.3 Å². The maximum Gasteiger partial charge on any atom is 0.289 e. The molecule has 0 saturated heterocycles. The fourth-order valence-corrected chi connectivity index (χ4v) is 3.41. The Hall–Kier alpha value is -3.80. The highest BCUT2D eigenvalue weighted by atomic mass is 32.2. The van der Waals surface area contributed by atoms with Gasteiger partial charge >= 0.3 is 0 Å². The first-order chi connectivity index (χ1) is 12.9. The van der Waals surface area contributed by atoms with Crippen LogP contribution in [0.4, 0.5) is 11.4 Å². The van der Waals surface area contributed by atoms with Crippen LogP contribution in [-0.2, 0) is 10.0 Å². The number of nitrogens with one attached hydrogen (secondary N) is 2. The smallest absolute Gasteiger partial charge is 0.279 e. The molecule has 0 atom stereocenters. The Balaban J connectivity index is 1.78. The standard InChI is InChI=1S/C15H12N6O5S/c22-15(18-20-9-16-17-10-20)11-5-7-12(8-6-11)19-27(25,26)14-4-2-1-3-13(14)21(23)24/h1-10,19H,(H,18,22). The minimum Gasteiger partial charge on any atom is -0.279 e. The summed E-state index contributed by atoms with van der Waals surface area (Å²) < 4.78 is 28.4. The fraction of sp³-hybridized carbons (Fsp3) is 0. The van der Waals surface area contributed by atoms with E-state index in [0.29, 0.717) is 0 Å². The number of sulfonamides is 1. The molecule has 1 aromatic heterocycles. The summed E-state index contributed by atoms with van der Waals surface area (Å²) in [6.45, 7) is 0. The van der Waals surface area contributed by atoms with Crippen molar-refractivity contribution in [3.05, 3.63) is 76.9 Å². The molecule has 0 saturated carbocycles. The van der Waals surface area contributed by atoms with Crippen molar-refractivity contribution in [3.63, 3.8) is 0 Å². The van der Waals surface area contributed by atoms with E-state index in [2.05, 4.69) is 20.3 Å². The third-order valence-electron chi connectivity index (χ3n) is 3.40. The third kappa shape index (κ3) is 4.07. The predicted molar refractivity (Wildman–Crippen MR) is 94.1 cm³/mol. The summed E-state index contributed by atoms with van der Waals surface area (Å²) in [7, 11) is -4.18. The predicted octanol–water partition coefficient (Wildman–Crippen LogP) is 1.37. The van der Waals surface area contributed by atoms with Crippen LogP contribution in [0.3, 0.4) is 0 Å². The van der Waals surface area contributed by atoms with E-state index < -0.39 is 31.4 Å². The number of hydrogen-bond donors (Lipinski definition) is 2. The number of carbonyl (C=O) groups is 1. The molecule has 1 amide bonds. The monoisotopic (exact) mass is 388 g/mol. The Kier molecular flexibility index (Phi) is 4.81. The van der Waals surface area contributed by atoms with E-state index in [4.69, 9.17) is 0 Å². The Morgan fingerprint density at radius 1 is 1.04 bits per heavy atom. The maximum absolute atomic E-state index is 12.4. The summed E-state index contributed by atoms with van der Waals surface area (Å²) in [6, 6.07) is 10.5. The normalized spacial score (nSPS) is 11.0. The van der Waals surface area contributed by atoms with Gasteiger partial charge in [-0.05, 0) is 30.3 Å². The van der Waals surface area contributed by atoms with Crippen LogP contribution in [0.1, 0.15) is 10.4 Å². The Bertz CT molecular complexity index is 1080. The molecule has 0 spiro atoms. The molecule has 0 bridgehead atoms. The summed E-state index contributed by atoms with van der Waals surface area (Å²) in [5, 5.41) is 18.1. The van der Waals surface area contributed by atoms with Crippen LogP contribution in [0.15, 0.2) is 66.1 Å². The van der Waals surface area contributed by atoms with Crippen LogP contribution in [0.5, 0.6) is 0 Å². The van der Waals surface area contributed by atoms with Crippen molar-refractivity contribution in [2.75, 3.05) is 10.1 Å². The second kappa shape index (κ2) is 7.21. The van der Waals surface area contributed by atoms with Gasteiger partial charge in [0.15, 0.2) is 4.90 Å². The molecule has 2 N–H and O–H groups in total. The number of carbonyl (C=O) groups excluding carboxylic acids is 1. The average molecular weight is 388 g/mol. The molecule has 0 aliphatic rings. The highest BCUT2D eigenvalue weighted by Gasteiger charge is 2.25. The molecular formula is C15H12N6O5S. The molecule has 0 unspecified atom stereocenters. The van der Waals surface area contributed by atoms with Gasteiger partial charge in [-0.3, -0.25) is 25.1 Å². The zero-order chi connectivity index (χ0) is 19.4. The van der Waals surface area contributed by atoms with Gasteiger partial charge in [-0.1, -0.05) is 12.1 Å². The number of nitro benzene ring substituents is 1. The second-order valence-electron chi connectivity index (χ2n) is 5.22. The van der Waals surface area contributed by atoms with Gasteiger partial charge in [0.1, 0.15) is 12.7 Å². The van der Waals surface area contributed by atoms with E-state index in [1.807, 2.05) is 0 Å². The Morgan fingerprint density at radius 3 is 2.30 bits per heavy atom. The molecule has 12 heteroatoms. The summed E-state index contributed by atoms with van der Waals surface area (Å²) in [5.41, 5.74) is 2.37. The number of amides is 1. The van der Waals surface area contributed by atoms with Crippen LogP contribution >= 0.6 is 0 Å². The number of nitrogens with zero attached hydrogens (tertiary/aromatic N) is 4. The van der Waals surface area contributed by atoms with Crippen LogP contribution in [0.25, 0.3) is 0 Å². The maximum atomic E-state index is 12.4. The van der Waals surface area contributed by atoms with E-state index in [0.717, 1.165) is 12.1 Å². The van der Waals surface area contributed by atoms with Gasteiger partial charge in [-0.25, -0.2) is 13.1 Å². The quantitative estimate of drug-likeness (QED) is 0.478. The fourth-order valence-electron chi connectivity index (χ4n) is 2.18. The van der Waals surface area contributed by atoms with Crippen molar-refractivity contribution in [1.82, 2.24) is 14.9 Å². The van der Waals surface area contributed by atoms with Crippen molar-refractivity contribution in [2.45, 2.75) is 4.90 Å². The highest BCUT2D eigenvalue weighted by molar-refractivity contribution is 7.92. The minimum atomic E-state index is -4.18. The van der Waals surface area contributed by atoms with Gasteiger partial charge in [0.05, 0.1) is 4.92 Å². The van der Waals surface area contributed by atoms with Crippen molar-refractivity contribution in [1.29, 1.82) is 0 Å². The number of anilines is 1. The van der Waals surface area contributed by atoms with Crippen molar-refractivity contribution < 1.29 is 18.1 Å². The molecule has 0 fully saturated rings. The number of para-hydroxylation sites is 1. The molecule has 138 valence electrons. The van der Waals surface area contributed by atoms with Gasteiger partial charge in [0, 0.05) is 17.3 Å². The molecule has 27 heavy (non-hydrogen) atoms. The lowest BCUT2D eigenvalue weighted by Gasteiger charge is -2.09. The lowest BCUT2D eigenvalue weighted by Crippen LogP contribution is -2.21. The van der Waals surface area contributed by atoms with Crippen LogP contribution in [-0.4, -0.2) is 34.1 Å². The molecule has 1 heterocycles. The molecule has 3 rings (SSSR count). The SMILES string of the molecule is O=C(Nn1cnnc1)c1ccc(NS(=O)(=O)c2ccccc2[N+](=O)[O-])cc1. The molecule has 0 radical (unpaired) electrons. The molecular weight excluding hydrogens is 376 g/mol. The van der Waals surface area contributed by atoms with Crippen molar-refractivity contribution in [2.24, 2.45) is 0 Å². The van der Waals surface area contributed by atoms with E-state index in [9.17, 15) is 23.3 Å². The second-order valence-corrected chi connectivity index (χ2v) is 6.87. The summed E-state index contributed by atoms with van der Waals surface area (Å²) in [6.07, 6.45) is 2.60. The third-order valence-corrected chi connectivity index (χ3v) is 4.83. The van der Waals surface area contributed by atoms with Crippen LogP contribution in [0, 0.1) is 10.1 Å². The van der Waals surface area contributed by atoms with Crippen molar-refractivity contribution >= 4 is 27.3 Å². The Morgan fingerprint density at radius 2 is 1.67 bits per heavy atom. The van der Waals surface area contributed by atoms with Gasteiger partial charge in [-0.15, -0.1) is 10.2 Å². The highest BCUT2D eigenvalue weighted by Crippen LogP contribution is 2.25. The van der Waals surface area contributed by atoms with Crippen LogP contribution < -0.4 is 10.1 Å².